The summed E-state index contributed by atoms with van der Waals surface area (Å²) in [6.45, 7) is 9.73. The highest BCUT2D eigenvalue weighted by Crippen LogP contribution is 2.34. The number of halogens is 2. The van der Waals surface area contributed by atoms with Crippen molar-refractivity contribution in [1.29, 1.82) is 0 Å². The van der Waals surface area contributed by atoms with Crippen LogP contribution in [0, 0.1) is 27.7 Å². The van der Waals surface area contributed by atoms with Gasteiger partial charge in [0.05, 0.1) is 16.3 Å². The molecule has 2 rings (SSSR count). The molecule has 0 saturated carbocycles. The number of aryl methyl sites for hydroxylation is 3. The summed E-state index contributed by atoms with van der Waals surface area (Å²) in [6.07, 6.45) is 0. The highest BCUT2D eigenvalue weighted by atomic mass is 32.1. The van der Waals surface area contributed by atoms with Gasteiger partial charge in [-0.15, -0.1) is 0 Å². The number of thiazole rings is 1. The van der Waals surface area contributed by atoms with Crippen LogP contribution in [0.4, 0.5) is 13.8 Å². The Morgan fingerprint density at radius 3 is 2.22 bits per heavy atom. The van der Waals surface area contributed by atoms with Gasteiger partial charge in [0.2, 0.25) is 0 Å². The number of carbonyl (C=O) groups is 1. The zero-order valence-corrected chi connectivity index (χ0v) is 19.6. The van der Waals surface area contributed by atoms with Crippen molar-refractivity contribution in [2.75, 3.05) is 0 Å². The Hall–Kier alpha value is -3.11. The number of nitrogens with two attached hydrogens (primary N) is 3. The van der Waals surface area contributed by atoms with Gasteiger partial charge in [0.15, 0.2) is 0 Å². The Bertz CT molecular complexity index is 1170. The number of phenolic OH excluding ortho intramolecular Hbond substituents is 1. The van der Waals surface area contributed by atoms with E-state index in [1.165, 1.54) is 13.0 Å². The molecule has 10 heteroatoms. The van der Waals surface area contributed by atoms with Crippen molar-refractivity contribution in [3.63, 3.8) is 0 Å². The second-order valence-corrected chi connectivity index (χ2v) is 8.69. The van der Waals surface area contributed by atoms with Gasteiger partial charge in [-0.2, -0.15) is 8.78 Å². The summed E-state index contributed by atoms with van der Waals surface area (Å²) in [5.41, 5.74) is 18.2. The third-order valence-electron chi connectivity index (χ3n) is 5.08. The van der Waals surface area contributed by atoms with Crippen LogP contribution in [0.15, 0.2) is 34.0 Å². The normalized spacial score (nSPS) is 14.2. The lowest BCUT2D eigenvalue weighted by Gasteiger charge is -2.20. The van der Waals surface area contributed by atoms with E-state index in [1.807, 2.05) is 0 Å². The molecule has 7 nitrogen and oxygen atoms in total. The standard InChI is InChI=1S/C22H27F2N5O2S/c1-9-7-8-15(30)10(2)16(9)11(3)18(25)17(20(26)31)12(4)19(22(23,24)27)29-21-13(5)28-14(6)32-21/h7-8,30H,25,27H2,1-6H3,(H2,26,31)/b17-12-,18-11-,29-19+. The Balaban J connectivity index is 2.86. The third kappa shape index (κ3) is 5.03. The van der Waals surface area contributed by atoms with Crippen LogP contribution >= 0.6 is 11.3 Å². The second-order valence-electron chi connectivity index (χ2n) is 7.51. The predicted octanol–water partition coefficient (Wildman–Crippen LogP) is 3.90. The monoisotopic (exact) mass is 463 g/mol. The maximum absolute atomic E-state index is 14.4. The Morgan fingerprint density at radius 1 is 1.16 bits per heavy atom. The van der Waals surface area contributed by atoms with Gasteiger partial charge in [-0.25, -0.2) is 9.98 Å². The van der Waals surface area contributed by atoms with Crippen LogP contribution in [-0.4, -0.2) is 27.8 Å². The number of amides is 1. The summed E-state index contributed by atoms with van der Waals surface area (Å²) >= 11 is 1.12. The average Bonchev–Trinajstić information content (AvgIpc) is 2.98. The fourth-order valence-electron chi connectivity index (χ4n) is 3.51. The second kappa shape index (κ2) is 9.17. The van der Waals surface area contributed by atoms with Gasteiger partial charge >= 0.3 is 6.05 Å². The van der Waals surface area contributed by atoms with Gasteiger partial charge in [-0.3, -0.25) is 10.5 Å². The van der Waals surface area contributed by atoms with E-state index < -0.39 is 17.7 Å². The maximum atomic E-state index is 14.4. The molecule has 0 fully saturated rings. The number of aromatic nitrogens is 1. The lowest BCUT2D eigenvalue weighted by Crippen LogP contribution is -2.40. The van der Waals surface area contributed by atoms with Crippen LogP contribution in [-0.2, 0) is 4.79 Å². The number of benzene rings is 1. The SMILES string of the molecule is CC(=C(C(N)=O)\C(N)=C(/C)c1c(C)ccc(O)c1C)/C(=N\c1sc(C)nc1C)C(N)(F)F. The predicted molar refractivity (Wildman–Crippen MR) is 124 cm³/mol. The van der Waals surface area contributed by atoms with E-state index in [0.29, 0.717) is 27.4 Å². The van der Waals surface area contributed by atoms with E-state index in [2.05, 4.69) is 9.98 Å². The number of allylic oxidation sites excluding steroid dienone is 1. The number of primary amides is 1. The molecule has 7 N–H and O–H groups in total. The fraction of sp³-hybridized carbons (Fsp3) is 0.318. The molecule has 2 aromatic rings. The smallest absolute Gasteiger partial charge is 0.343 e. The minimum atomic E-state index is -3.87. The summed E-state index contributed by atoms with van der Waals surface area (Å²) in [5.74, 6) is -0.977. The summed E-state index contributed by atoms with van der Waals surface area (Å²) in [6, 6.07) is -0.655. The van der Waals surface area contributed by atoms with Crippen molar-refractivity contribution in [2.45, 2.75) is 47.6 Å². The number of phenols is 1. The third-order valence-corrected chi connectivity index (χ3v) is 6.04. The highest BCUT2D eigenvalue weighted by molar-refractivity contribution is 7.15. The van der Waals surface area contributed by atoms with Crippen LogP contribution in [0.1, 0.15) is 41.2 Å². The highest BCUT2D eigenvalue weighted by Gasteiger charge is 2.35. The molecule has 0 aliphatic heterocycles. The van der Waals surface area contributed by atoms with Gasteiger partial charge in [-0.05, 0) is 75.4 Å². The number of alkyl halides is 2. The van der Waals surface area contributed by atoms with Crippen LogP contribution < -0.4 is 17.2 Å². The maximum Gasteiger partial charge on any atom is 0.343 e. The molecule has 0 aliphatic rings. The van der Waals surface area contributed by atoms with E-state index in [9.17, 15) is 18.7 Å². The minimum Gasteiger partial charge on any atom is -0.508 e. The lowest BCUT2D eigenvalue weighted by molar-refractivity contribution is -0.114. The molecule has 1 aromatic carbocycles. The quantitative estimate of drug-likeness (QED) is 0.223. The molecule has 1 amide bonds. The van der Waals surface area contributed by atoms with Gasteiger partial charge in [0.1, 0.15) is 16.5 Å². The van der Waals surface area contributed by atoms with Crippen LogP contribution in [0.2, 0.25) is 0 Å². The number of nitrogens with zero attached hydrogens (tertiary/aromatic N) is 2. The topological polar surface area (TPSA) is 141 Å². The van der Waals surface area contributed by atoms with Gasteiger partial charge < -0.3 is 16.6 Å². The van der Waals surface area contributed by atoms with E-state index in [-0.39, 0.29) is 27.6 Å². The van der Waals surface area contributed by atoms with E-state index in [1.54, 1.807) is 40.7 Å². The molecule has 0 spiro atoms. The summed E-state index contributed by atoms with van der Waals surface area (Å²) in [4.78, 5) is 20.6. The summed E-state index contributed by atoms with van der Waals surface area (Å²) in [5, 5.41) is 11.0. The fourth-order valence-corrected chi connectivity index (χ4v) is 4.30. The molecule has 32 heavy (non-hydrogen) atoms. The van der Waals surface area contributed by atoms with Gasteiger partial charge in [-0.1, -0.05) is 17.4 Å². The number of rotatable bonds is 6. The van der Waals surface area contributed by atoms with Crippen molar-refractivity contribution >= 4 is 33.5 Å². The first-order valence-electron chi connectivity index (χ1n) is 9.64. The molecule has 1 heterocycles. The molecule has 0 radical (unpaired) electrons. The summed E-state index contributed by atoms with van der Waals surface area (Å²) in [7, 11) is 0. The molecule has 172 valence electrons. The molecule has 0 aliphatic carbocycles. The molecule has 1 aromatic heterocycles. The van der Waals surface area contributed by atoms with E-state index in [0.717, 1.165) is 16.9 Å². The molecular formula is C22H27F2N5O2S. The average molecular weight is 464 g/mol. The Kier molecular flexibility index (Phi) is 7.21. The molecule has 0 saturated heterocycles. The largest absolute Gasteiger partial charge is 0.508 e. The molecule has 0 atom stereocenters. The Morgan fingerprint density at radius 2 is 1.75 bits per heavy atom. The van der Waals surface area contributed by atoms with Crippen molar-refractivity contribution in [2.24, 2.45) is 22.2 Å². The number of aromatic hydroxyl groups is 1. The Labute approximate surface area is 189 Å². The van der Waals surface area contributed by atoms with Crippen molar-refractivity contribution < 1.29 is 18.7 Å². The number of hydrogen-bond acceptors (Lipinski definition) is 7. The first kappa shape index (κ1) is 25.2. The molecular weight excluding hydrogens is 436 g/mol. The minimum absolute atomic E-state index is 0.0332. The van der Waals surface area contributed by atoms with Crippen LogP contribution in [0.5, 0.6) is 5.75 Å². The lowest BCUT2D eigenvalue weighted by atomic mass is 9.90. The first-order chi connectivity index (χ1) is 14.7. The van der Waals surface area contributed by atoms with Gasteiger partial charge in [0.25, 0.3) is 5.91 Å². The molecule has 0 unspecified atom stereocenters. The van der Waals surface area contributed by atoms with E-state index >= 15 is 0 Å². The van der Waals surface area contributed by atoms with Crippen molar-refractivity contribution in [3.05, 3.63) is 56.4 Å². The first-order valence-corrected chi connectivity index (χ1v) is 10.5. The van der Waals surface area contributed by atoms with Gasteiger partial charge in [0, 0.05) is 5.70 Å². The summed E-state index contributed by atoms with van der Waals surface area (Å²) < 4.78 is 28.8. The number of carbonyl (C=O) groups excluding carboxylic acids is 1. The number of aliphatic imine (C=N–C) groups is 1. The van der Waals surface area contributed by atoms with Crippen LogP contribution in [0.25, 0.3) is 5.57 Å². The number of hydrogen-bond donors (Lipinski definition) is 4. The molecule has 0 bridgehead atoms. The van der Waals surface area contributed by atoms with E-state index in [4.69, 9.17) is 17.2 Å². The van der Waals surface area contributed by atoms with Crippen LogP contribution in [0.3, 0.4) is 0 Å². The van der Waals surface area contributed by atoms with Crippen molar-refractivity contribution in [3.8, 4) is 5.75 Å². The zero-order chi connectivity index (χ0) is 24.5. The zero-order valence-electron chi connectivity index (χ0n) is 18.8. The van der Waals surface area contributed by atoms with Crippen molar-refractivity contribution in [1.82, 2.24) is 4.98 Å².